The molecule has 2 aromatic heterocycles. The molecule has 0 atom stereocenters. The van der Waals surface area contributed by atoms with E-state index in [-0.39, 0.29) is 12.3 Å². The number of aromatic nitrogens is 4. The van der Waals surface area contributed by atoms with Gasteiger partial charge in [-0.05, 0) is 60.2 Å². The maximum atomic E-state index is 12.5. The van der Waals surface area contributed by atoms with Crippen molar-refractivity contribution in [1.82, 2.24) is 20.2 Å². The number of nitrogens with zero attached hydrogens (tertiary/aromatic N) is 4. The maximum Gasteiger partial charge on any atom is 0.214 e. The SMILES string of the molecule is Cc1cc(C)c(C(=O)Cn2nnc(-c3cccs3)n2)cc1C. The van der Waals surface area contributed by atoms with Gasteiger partial charge in [-0.2, -0.15) is 4.80 Å². The van der Waals surface area contributed by atoms with E-state index in [2.05, 4.69) is 15.4 Å². The summed E-state index contributed by atoms with van der Waals surface area (Å²) in [5.41, 5.74) is 4.00. The van der Waals surface area contributed by atoms with Gasteiger partial charge in [-0.25, -0.2) is 0 Å². The number of rotatable bonds is 4. The smallest absolute Gasteiger partial charge is 0.214 e. The number of thiophene rings is 1. The molecule has 0 fully saturated rings. The van der Waals surface area contributed by atoms with Crippen LogP contribution in [0.25, 0.3) is 10.7 Å². The predicted molar refractivity (Wildman–Crippen MR) is 86.1 cm³/mol. The number of benzene rings is 1. The zero-order chi connectivity index (χ0) is 15.7. The number of tetrazole rings is 1. The summed E-state index contributed by atoms with van der Waals surface area (Å²) in [7, 11) is 0. The van der Waals surface area contributed by atoms with Gasteiger partial charge in [-0.15, -0.1) is 21.5 Å². The summed E-state index contributed by atoms with van der Waals surface area (Å²) in [5.74, 6) is 0.551. The minimum atomic E-state index is -0.00395. The topological polar surface area (TPSA) is 60.7 Å². The van der Waals surface area contributed by atoms with Crippen molar-refractivity contribution in [3.63, 3.8) is 0 Å². The summed E-state index contributed by atoms with van der Waals surface area (Å²) >= 11 is 1.55. The molecule has 0 bridgehead atoms. The monoisotopic (exact) mass is 312 g/mol. The van der Waals surface area contributed by atoms with Gasteiger partial charge in [0.1, 0.15) is 6.54 Å². The van der Waals surface area contributed by atoms with Gasteiger partial charge in [-0.1, -0.05) is 12.1 Å². The first-order valence-electron chi connectivity index (χ1n) is 6.97. The average molecular weight is 312 g/mol. The molecular formula is C16H16N4OS. The Bertz CT molecular complexity index is 821. The lowest BCUT2D eigenvalue weighted by atomic mass is 9.98. The molecule has 6 heteroatoms. The van der Waals surface area contributed by atoms with Crippen molar-refractivity contribution in [2.45, 2.75) is 27.3 Å². The van der Waals surface area contributed by atoms with E-state index in [1.54, 1.807) is 11.3 Å². The van der Waals surface area contributed by atoms with Crippen LogP contribution in [0.5, 0.6) is 0 Å². The van der Waals surface area contributed by atoms with Crippen molar-refractivity contribution in [3.8, 4) is 10.7 Å². The molecule has 0 aliphatic rings. The van der Waals surface area contributed by atoms with Gasteiger partial charge in [0.05, 0.1) is 4.88 Å². The summed E-state index contributed by atoms with van der Waals surface area (Å²) in [4.78, 5) is 14.8. The second-order valence-corrected chi connectivity index (χ2v) is 6.24. The zero-order valence-corrected chi connectivity index (χ0v) is 13.5. The Balaban J connectivity index is 1.82. The van der Waals surface area contributed by atoms with E-state index in [1.165, 1.54) is 10.4 Å². The predicted octanol–water partition coefficient (Wildman–Crippen LogP) is 3.21. The molecule has 112 valence electrons. The fraction of sp³-hybridized carbons (Fsp3) is 0.250. The number of carbonyl (C=O) groups is 1. The molecular weight excluding hydrogens is 296 g/mol. The molecule has 0 saturated heterocycles. The van der Waals surface area contributed by atoms with Gasteiger partial charge in [0.2, 0.25) is 5.82 Å². The van der Waals surface area contributed by atoms with Crippen LogP contribution in [0.3, 0.4) is 0 Å². The highest BCUT2D eigenvalue weighted by atomic mass is 32.1. The summed E-state index contributed by atoms with van der Waals surface area (Å²) in [6, 6.07) is 7.84. The van der Waals surface area contributed by atoms with Crippen LogP contribution >= 0.6 is 11.3 Å². The lowest BCUT2D eigenvalue weighted by Crippen LogP contribution is -2.14. The molecule has 0 unspecified atom stereocenters. The molecule has 0 aliphatic heterocycles. The number of hydrogen-bond acceptors (Lipinski definition) is 5. The van der Waals surface area contributed by atoms with E-state index in [0.717, 1.165) is 21.6 Å². The van der Waals surface area contributed by atoms with Crippen molar-refractivity contribution in [2.24, 2.45) is 0 Å². The van der Waals surface area contributed by atoms with Crippen LogP contribution in [-0.4, -0.2) is 26.0 Å². The quantitative estimate of drug-likeness (QED) is 0.694. The Morgan fingerprint density at radius 3 is 2.68 bits per heavy atom. The fourth-order valence-electron chi connectivity index (χ4n) is 2.29. The highest BCUT2D eigenvalue weighted by molar-refractivity contribution is 7.13. The molecule has 1 aromatic carbocycles. The molecule has 0 saturated carbocycles. The fourth-order valence-corrected chi connectivity index (χ4v) is 2.94. The Labute approximate surface area is 132 Å². The first-order chi connectivity index (χ1) is 10.5. The van der Waals surface area contributed by atoms with Gasteiger partial charge in [0, 0.05) is 5.56 Å². The number of Topliss-reactive ketones (excluding diaryl/α,β-unsaturated/α-hetero) is 1. The van der Waals surface area contributed by atoms with Crippen LogP contribution in [0, 0.1) is 20.8 Å². The van der Waals surface area contributed by atoms with Crippen molar-refractivity contribution < 1.29 is 4.79 Å². The lowest BCUT2D eigenvalue weighted by Gasteiger charge is -2.08. The highest BCUT2D eigenvalue weighted by Crippen LogP contribution is 2.20. The Morgan fingerprint density at radius 2 is 1.95 bits per heavy atom. The highest BCUT2D eigenvalue weighted by Gasteiger charge is 2.14. The largest absolute Gasteiger partial charge is 0.292 e. The second-order valence-electron chi connectivity index (χ2n) is 5.30. The zero-order valence-electron chi connectivity index (χ0n) is 12.7. The van der Waals surface area contributed by atoms with Crippen molar-refractivity contribution in [1.29, 1.82) is 0 Å². The lowest BCUT2D eigenvalue weighted by molar-refractivity contribution is 0.0960. The van der Waals surface area contributed by atoms with E-state index < -0.39 is 0 Å². The molecule has 3 rings (SSSR count). The van der Waals surface area contributed by atoms with Crippen LogP contribution in [0.2, 0.25) is 0 Å². The average Bonchev–Trinajstić information content (AvgIpc) is 3.13. The Morgan fingerprint density at radius 1 is 1.18 bits per heavy atom. The minimum Gasteiger partial charge on any atom is -0.292 e. The number of ketones is 1. The molecule has 5 nitrogen and oxygen atoms in total. The third-order valence-electron chi connectivity index (χ3n) is 3.62. The molecule has 3 aromatic rings. The standard InChI is InChI=1S/C16H16N4OS/c1-10-7-12(3)13(8-11(10)2)14(21)9-20-18-16(17-19-20)15-5-4-6-22-15/h4-8H,9H2,1-3H3. The van der Waals surface area contributed by atoms with Crippen LogP contribution < -0.4 is 0 Å². The van der Waals surface area contributed by atoms with Crippen LogP contribution in [-0.2, 0) is 6.54 Å². The number of aryl methyl sites for hydroxylation is 3. The summed E-state index contributed by atoms with van der Waals surface area (Å²) in [5, 5.41) is 14.2. The van der Waals surface area contributed by atoms with E-state index in [1.807, 2.05) is 50.4 Å². The van der Waals surface area contributed by atoms with Gasteiger partial charge in [0.15, 0.2) is 5.78 Å². The number of carbonyl (C=O) groups excluding carboxylic acids is 1. The van der Waals surface area contributed by atoms with Crippen LogP contribution in [0.15, 0.2) is 29.6 Å². The van der Waals surface area contributed by atoms with Gasteiger partial charge in [0.25, 0.3) is 0 Å². The molecule has 22 heavy (non-hydrogen) atoms. The van der Waals surface area contributed by atoms with E-state index >= 15 is 0 Å². The van der Waals surface area contributed by atoms with Crippen molar-refractivity contribution >= 4 is 17.1 Å². The minimum absolute atomic E-state index is 0.00395. The first-order valence-corrected chi connectivity index (χ1v) is 7.85. The van der Waals surface area contributed by atoms with Crippen LogP contribution in [0.1, 0.15) is 27.0 Å². The Kier molecular flexibility index (Phi) is 3.85. The molecule has 0 radical (unpaired) electrons. The van der Waals surface area contributed by atoms with E-state index in [4.69, 9.17) is 0 Å². The molecule has 0 spiro atoms. The van der Waals surface area contributed by atoms with E-state index in [9.17, 15) is 4.79 Å². The van der Waals surface area contributed by atoms with Gasteiger partial charge in [-0.3, -0.25) is 4.79 Å². The summed E-state index contributed by atoms with van der Waals surface area (Å²) < 4.78 is 0. The number of hydrogen-bond donors (Lipinski definition) is 0. The second kappa shape index (κ2) is 5.81. The normalized spacial score (nSPS) is 10.9. The molecule has 0 amide bonds. The third kappa shape index (κ3) is 2.82. The summed E-state index contributed by atoms with van der Waals surface area (Å²) in [6.07, 6.45) is 0. The van der Waals surface area contributed by atoms with Gasteiger partial charge < -0.3 is 0 Å². The Hall–Kier alpha value is -2.34. The van der Waals surface area contributed by atoms with Crippen molar-refractivity contribution in [2.75, 3.05) is 0 Å². The molecule has 2 heterocycles. The maximum absolute atomic E-state index is 12.5. The van der Waals surface area contributed by atoms with Crippen LogP contribution in [0.4, 0.5) is 0 Å². The third-order valence-corrected chi connectivity index (χ3v) is 4.49. The van der Waals surface area contributed by atoms with E-state index in [0.29, 0.717) is 5.82 Å². The molecule has 0 N–H and O–H groups in total. The summed E-state index contributed by atoms with van der Waals surface area (Å²) in [6.45, 7) is 6.10. The molecule has 0 aliphatic carbocycles. The first kappa shape index (κ1) is 14.6. The van der Waals surface area contributed by atoms with Gasteiger partial charge >= 0.3 is 0 Å². The van der Waals surface area contributed by atoms with Crippen molar-refractivity contribution in [3.05, 3.63) is 51.9 Å².